The number of nitrogens with one attached hydrogen (secondary N) is 1. The van der Waals surface area contributed by atoms with Crippen LogP contribution in [0.3, 0.4) is 0 Å². The molecule has 0 saturated heterocycles. The van der Waals surface area contributed by atoms with Gasteiger partial charge in [-0.2, -0.15) is 0 Å². The molecule has 0 aliphatic rings. The highest BCUT2D eigenvalue weighted by Crippen LogP contribution is 2.31. The number of hydrogen-bond donors (Lipinski definition) is 1. The van der Waals surface area contributed by atoms with Gasteiger partial charge in [-0.3, -0.25) is 0 Å². The topological polar surface area (TPSA) is 94.3 Å². The summed E-state index contributed by atoms with van der Waals surface area (Å²) in [7, 11) is -2.33. The van der Waals surface area contributed by atoms with Crippen molar-refractivity contribution in [3.8, 4) is 28.7 Å². The van der Waals surface area contributed by atoms with E-state index in [4.69, 9.17) is 9.15 Å². The first-order valence-corrected chi connectivity index (χ1v) is 10.0. The molecule has 27 heavy (non-hydrogen) atoms. The summed E-state index contributed by atoms with van der Waals surface area (Å²) in [6.07, 6.45) is 0.672. The predicted molar refractivity (Wildman–Crippen MR) is 102 cm³/mol. The molecule has 1 aromatic heterocycles. The first-order chi connectivity index (χ1) is 12.9. The van der Waals surface area contributed by atoms with Crippen molar-refractivity contribution in [1.82, 2.24) is 14.9 Å². The lowest BCUT2D eigenvalue weighted by Gasteiger charge is -2.15. The van der Waals surface area contributed by atoms with Crippen molar-refractivity contribution in [3.63, 3.8) is 0 Å². The maximum atomic E-state index is 12.7. The van der Waals surface area contributed by atoms with Gasteiger partial charge in [-0.05, 0) is 43.7 Å². The minimum absolute atomic E-state index is 0.0299. The zero-order valence-electron chi connectivity index (χ0n) is 15.3. The number of methoxy groups -OCH3 is 1. The Hall–Kier alpha value is -2.71. The zero-order chi connectivity index (χ0) is 19.4. The molecule has 0 fully saturated rings. The summed E-state index contributed by atoms with van der Waals surface area (Å²) < 4.78 is 39.0. The minimum Gasteiger partial charge on any atom is -0.495 e. The fourth-order valence-electron chi connectivity index (χ4n) is 2.47. The van der Waals surface area contributed by atoms with E-state index in [9.17, 15) is 8.42 Å². The molecule has 0 unspecified atom stereocenters. The molecule has 1 heterocycles. The quantitative estimate of drug-likeness (QED) is 0.667. The third kappa shape index (κ3) is 4.17. The summed E-state index contributed by atoms with van der Waals surface area (Å²) in [6.45, 7) is 3.71. The maximum Gasteiger partial charge on any atom is 0.248 e. The van der Waals surface area contributed by atoms with Crippen molar-refractivity contribution in [3.05, 3.63) is 48.5 Å². The van der Waals surface area contributed by atoms with E-state index in [0.717, 1.165) is 5.56 Å². The minimum atomic E-state index is -3.76. The second-order valence-corrected chi connectivity index (χ2v) is 7.76. The molecule has 7 nitrogen and oxygen atoms in total. The molecule has 0 spiro atoms. The Kier molecular flexibility index (Phi) is 5.57. The molecular weight excluding hydrogens is 366 g/mol. The number of rotatable bonds is 7. The Bertz CT molecular complexity index is 1020. The van der Waals surface area contributed by atoms with Crippen LogP contribution in [-0.4, -0.2) is 31.8 Å². The number of nitrogens with zero attached hydrogens (tertiary/aromatic N) is 2. The van der Waals surface area contributed by atoms with Crippen LogP contribution in [-0.2, 0) is 10.0 Å². The van der Waals surface area contributed by atoms with Crippen LogP contribution in [0.25, 0.3) is 22.9 Å². The van der Waals surface area contributed by atoms with Gasteiger partial charge in [-0.25, -0.2) is 13.1 Å². The fraction of sp³-hybridized carbons (Fsp3) is 0.263. The first kappa shape index (κ1) is 19.1. The molecule has 0 amide bonds. The van der Waals surface area contributed by atoms with Gasteiger partial charge in [0.2, 0.25) is 21.8 Å². The van der Waals surface area contributed by atoms with E-state index in [1.54, 1.807) is 19.1 Å². The molecule has 1 N–H and O–H groups in total. The van der Waals surface area contributed by atoms with Gasteiger partial charge in [0, 0.05) is 17.2 Å². The van der Waals surface area contributed by atoms with Crippen LogP contribution in [0.1, 0.15) is 20.3 Å². The van der Waals surface area contributed by atoms with E-state index in [1.165, 1.54) is 13.2 Å². The van der Waals surface area contributed by atoms with Crippen molar-refractivity contribution < 1.29 is 17.6 Å². The van der Waals surface area contributed by atoms with Gasteiger partial charge in [-0.1, -0.05) is 25.1 Å². The monoisotopic (exact) mass is 387 g/mol. The highest BCUT2D eigenvalue weighted by atomic mass is 32.2. The molecule has 0 aliphatic carbocycles. The molecule has 3 rings (SSSR count). The van der Waals surface area contributed by atoms with Gasteiger partial charge < -0.3 is 9.15 Å². The lowest BCUT2D eigenvalue weighted by atomic mass is 10.2. The van der Waals surface area contributed by atoms with Crippen molar-refractivity contribution in [2.24, 2.45) is 0 Å². The third-order valence-electron chi connectivity index (χ3n) is 4.11. The number of sulfonamides is 1. The summed E-state index contributed by atoms with van der Waals surface area (Å²) in [5.74, 6) is 0.845. The summed E-state index contributed by atoms with van der Waals surface area (Å²) in [5.41, 5.74) is 1.28. The highest BCUT2D eigenvalue weighted by Gasteiger charge is 2.23. The van der Waals surface area contributed by atoms with Crippen molar-refractivity contribution in [2.75, 3.05) is 7.11 Å². The fourth-order valence-corrected chi connectivity index (χ4v) is 3.99. The van der Waals surface area contributed by atoms with Crippen LogP contribution in [0, 0.1) is 0 Å². The molecule has 0 saturated carbocycles. The zero-order valence-corrected chi connectivity index (χ0v) is 16.2. The second kappa shape index (κ2) is 7.89. The summed E-state index contributed by atoms with van der Waals surface area (Å²) >= 11 is 0. The molecular formula is C19H21N3O4S. The van der Waals surface area contributed by atoms with Crippen LogP contribution in [0.5, 0.6) is 5.75 Å². The van der Waals surface area contributed by atoms with Gasteiger partial charge in [0.1, 0.15) is 10.6 Å². The van der Waals surface area contributed by atoms with E-state index >= 15 is 0 Å². The Balaban J connectivity index is 2.00. The largest absolute Gasteiger partial charge is 0.495 e. The molecule has 3 aromatic rings. The summed E-state index contributed by atoms with van der Waals surface area (Å²) in [4.78, 5) is 0.0299. The molecule has 142 valence electrons. The van der Waals surface area contributed by atoms with Gasteiger partial charge in [0.25, 0.3) is 0 Å². The average Bonchev–Trinajstić information content (AvgIpc) is 3.18. The summed E-state index contributed by atoms with van der Waals surface area (Å²) in [5, 5.41) is 8.09. The van der Waals surface area contributed by atoms with Crippen LogP contribution in [0.15, 0.2) is 57.8 Å². The van der Waals surface area contributed by atoms with Gasteiger partial charge in [0.15, 0.2) is 0 Å². The predicted octanol–water partition coefficient (Wildman–Crippen LogP) is 3.49. The Labute approximate surface area is 158 Å². The second-order valence-electron chi connectivity index (χ2n) is 6.07. The van der Waals surface area contributed by atoms with E-state index in [2.05, 4.69) is 14.9 Å². The Morgan fingerprint density at radius 2 is 1.74 bits per heavy atom. The van der Waals surface area contributed by atoms with Crippen molar-refractivity contribution in [1.29, 1.82) is 0 Å². The lowest BCUT2D eigenvalue weighted by Crippen LogP contribution is -2.32. The molecule has 8 heteroatoms. The van der Waals surface area contributed by atoms with E-state index < -0.39 is 10.0 Å². The van der Waals surface area contributed by atoms with E-state index in [-0.39, 0.29) is 22.6 Å². The van der Waals surface area contributed by atoms with E-state index in [1.807, 2.05) is 37.3 Å². The first-order valence-electron chi connectivity index (χ1n) is 8.54. The SMILES string of the molecule is CC[C@@H](C)NS(=O)(=O)c1cc(-c2nnc(-c3ccccc3)o2)ccc1OC. The Morgan fingerprint density at radius 3 is 2.37 bits per heavy atom. The standard InChI is InChI=1S/C19H21N3O4S/c1-4-13(2)22-27(23,24)17-12-15(10-11-16(17)25-3)19-21-20-18(26-19)14-8-6-5-7-9-14/h5-13,22H,4H2,1-3H3/t13-/m1/s1. The van der Waals surface area contributed by atoms with Crippen LogP contribution >= 0.6 is 0 Å². The molecule has 1 atom stereocenters. The molecule has 0 radical (unpaired) electrons. The van der Waals surface area contributed by atoms with Gasteiger partial charge in [0.05, 0.1) is 7.11 Å². The van der Waals surface area contributed by atoms with Crippen molar-refractivity contribution in [2.45, 2.75) is 31.2 Å². The van der Waals surface area contributed by atoms with Crippen LogP contribution < -0.4 is 9.46 Å². The Morgan fingerprint density at radius 1 is 1.07 bits per heavy atom. The number of hydrogen-bond acceptors (Lipinski definition) is 6. The number of aromatic nitrogens is 2. The van der Waals surface area contributed by atoms with Crippen molar-refractivity contribution >= 4 is 10.0 Å². The van der Waals surface area contributed by atoms with Gasteiger partial charge in [-0.15, -0.1) is 10.2 Å². The molecule has 0 aliphatic heterocycles. The van der Waals surface area contributed by atoms with E-state index in [0.29, 0.717) is 17.9 Å². The number of benzene rings is 2. The maximum absolute atomic E-state index is 12.7. The van der Waals surface area contributed by atoms with Crippen LogP contribution in [0.4, 0.5) is 0 Å². The lowest BCUT2D eigenvalue weighted by molar-refractivity contribution is 0.402. The van der Waals surface area contributed by atoms with Crippen LogP contribution in [0.2, 0.25) is 0 Å². The smallest absolute Gasteiger partial charge is 0.248 e. The normalized spacial score (nSPS) is 12.7. The highest BCUT2D eigenvalue weighted by molar-refractivity contribution is 7.89. The summed E-state index contributed by atoms with van der Waals surface area (Å²) in [6, 6.07) is 13.9. The third-order valence-corrected chi connectivity index (χ3v) is 5.73. The molecule has 0 bridgehead atoms. The van der Waals surface area contributed by atoms with Gasteiger partial charge >= 0.3 is 0 Å². The number of ether oxygens (including phenoxy) is 1. The average molecular weight is 387 g/mol. The molecule has 2 aromatic carbocycles.